The molecule has 0 atom stereocenters. The molecule has 2 fully saturated rings. The highest BCUT2D eigenvalue weighted by Crippen LogP contribution is 2.23. The summed E-state index contributed by atoms with van der Waals surface area (Å²) in [5.41, 5.74) is 3.03. The molecule has 0 unspecified atom stereocenters. The first-order valence-electron chi connectivity index (χ1n) is 17.6. The zero-order valence-electron chi connectivity index (χ0n) is 27.6. The Hall–Kier alpha value is -0.360. The first kappa shape index (κ1) is 39.7. The maximum absolute atomic E-state index is 5.80. The topological polar surface area (TPSA) is 18.5 Å². The van der Waals surface area contributed by atoms with Crippen molar-refractivity contribution < 1.29 is 43.3 Å². The largest absolute Gasteiger partial charge is 1.00 e. The number of halogens is 2. The minimum absolute atomic E-state index is 0. The molecule has 0 aliphatic carbocycles. The Morgan fingerprint density at radius 1 is 0.452 bits per heavy atom. The van der Waals surface area contributed by atoms with E-state index in [2.05, 4.69) is 38.1 Å². The summed E-state index contributed by atoms with van der Waals surface area (Å²) < 4.78 is 14.1. The molecule has 0 bridgehead atoms. The van der Waals surface area contributed by atoms with Gasteiger partial charge in [0.15, 0.2) is 0 Å². The van der Waals surface area contributed by atoms with E-state index in [0.29, 0.717) is 0 Å². The molecule has 0 spiro atoms. The third kappa shape index (κ3) is 15.6. The molecule has 0 radical (unpaired) electrons. The smallest absolute Gasteiger partial charge is 0.104 e. The fraction of sp³-hybridized carbons (Fsp3) is 0.833. The Bertz CT molecular complexity index is 686. The molecule has 0 saturated carbocycles. The van der Waals surface area contributed by atoms with Gasteiger partial charge in [-0.05, 0) is 25.7 Å². The monoisotopic (exact) mass is 628 g/mol. The molecular formula is C36H66Cl2N2O2. The van der Waals surface area contributed by atoms with Crippen molar-refractivity contribution >= 4 is 0 Å². The van der Waals surface area contributed by atoms with Crippen molar-refractivity contribution in [1.29, 1.82) is 0 Å². The third-order valence-corrected chi connectivity index (χ3v) is 9.87. The standard InChI is InChI=1S/C36H66N2O2.2ClH/c1-3-5-7-9-11-13-15-17-23-37(25-29-39-30-26-37)33-35-19-21-36(22-20-35)34-38(27-31-40-32-28-38)24-18-16-14-12-10-8-6-4-2;;/h19-22H,3-18,23-34H2,1-2H3;2*1H/q+2;;/p-2. The second-order valence-electron chi connectivity index (χ2n) is 13.3. The van der Waals surface area contributed by atoms with Gasteiger partial charge in [-0.1, -0.05) is 115 Å². The molecule has 2 saturated heterocycles. The maximum atomic E-state index is 5.80. The van der Waals surface area contributed by atoms with Gasteiger partial charge in [0.25, 0.3) is 0 Å². The van der Waals surface area contributed by atoms with E-state index in [0.717, 1.165) is 26.4 Å². The minimum atomic E-state index is 0. The summed E-state index contributed by atoms with van der Waals surface area (Å²) in [7, 11) is 0. The molecule has 246 valence electrons. The zero-order valence-corrected chi connectivity index (χ0v) is 29.1. The maximum Gasteiger partial charge on any atom is 0.104 e. The van der Waals surface area contributed by atoms with Crippen LogP contribution in [0.15, 0.2) is 24.3 Å². The van der Waals surface area contributed by atoms with Crippen molar-refractivity contribution in [3.8, 4) is 0 Å². The van der Waals surface area contributed by atoms with Crippen LogP contribution in [0.3, 0.4) is 0 Å². The molecular weight excluding hydrogens is 563 g/mol. The quantitative estimate of drug-likeness (QED) is 0.145. The average molecular weight is 630 g/mol. The predicted molar refractivity (Wildman–Crippen MR) is 170 cm³/mol. The molecule has 0 amide bonds. The van der Waals surface area contributed by atoms with Gasteiger partial charge < -0.3 is 43.3 Å². The van der Waals surface area contributed by atoms with Gasteiger partial charge in [0.1, 0.15) is 39.3 Å². The van der Waals surface area contributed by atoms with Crippen LogP contribution < -0.4 is 24.8 Å². The van der Waals surface area contributed by atoms with Gasteiger partial charge in [0, 0.05) is 11.1 Å². The van der Waals surface area contributed by atoms with Gasteiger partial charge in [-0.15, -0.1) is 0 Å². The lowest BCUT2D eigenvalue weighted by Crippen LogP contribution is -3.00. The van der Waals surface area contributed by atoms with Crippen LogP contribution in [0, 0.1) is 0 Å². The van der Waals surface area contributed by atoms with E-state index in [4.69, 9.17) is 9.47 Å². The summed E-state index contributed by atoms with van der Waals surface area (Å²) >= 11 is 0. The van der Waals surface area contributed by atoms with E-state index < -0.39 is 0 Å². The van der Waals surface area contributed by atoms with Gasteiger partial charge in [-0.3, -0.25) is 0 Å². The van der Waals surface area contributed by atoms with Gasteiger partial charge in [0.2, 0.25) is 0 Å². The first-order valence-corrected chi connectivity index (χ1v) is 17.6. The number of morpholine rings is 2. The highest BCUT2D eigenvalue weighted by Gasteiger charge is 2.32. The van der Waals surface area contributed by atoms with E-state index in [9.17, 15) is 0 Å². The van der Waals surface area contributed by atoms with Gasteiger partial charge >= 0.3 is 0 Å². The van der Waals surface area contributed by atoms with Crippen LogP contribution in [0.25, 0.3) is 0 Å². The summed E-state index contributed by atoms with van der Waals surface area (Å²) in [5, 5.41) is 0. The van der Waals surface area contributed by atoms with Crippen LogP contribution in [0.4, 0.5) is 0 Å². The van der Waals surface area contributed by atoms with E-state index >= 15 is 0 Å². The lowest BCUT2D eigenvalue weighted by Gasteiger charge is -2.42. The molecule has 2 heterocycles. The van der Waals surface area contributed by atoms with E-state index in [-0.39, 0.29) is 24.8 Å². The molecule has 42 heavy (non-hydrogen) atoms. The highest BCUT2D eigenvalue weighted by molar-refractivity contribution is 5.21. The van der Waals surface area contributed by atoms with Gasteiger partial charge in [0.05, 0.1) is 39.5 Å². The molecule has 1 aromatic rings. The van der Waals surface area contributed by atoms with E-state index in [1.165, 1.54) is 175 Å². The fourth-order valence-electron chi connectivity index (χ4n) is 7.07. The Morgan fingerprint density at radius 2 is 0.738 bits per heavy atom. The molecule has 4 nitrogen and oxygen atoms in total. The van der Waals surface area contributed by atoms with Crippen LogP contribution in [0.5, 0.6) is 0 Å². The number of hydrogen-bond acceptors (Lipinski definition) is 2. The van der Waals surface area contributed by atoms with Crippen molar-refractivity contribution in [2.75, 3.05) is 65.7 Å². The van der Waals surface area contributed by atoms with E-state index in [1.807, 2.05) is 0 Å². The Morgan fingerprint density at radius 3 is 1.05 bits per heavy atom. The summed E-state index contributed by atoms with van der Waals surface area (Å²) in [5.74, 6) is 0. The van der Waals surface area contributed by atoms with Crippen LogP contribution >= 0.6 is 0 Å². The molecule has 3 rings (SSSR count). The molecule has 0 aromatic heterocycles. The van der Waals surface area contributed by atoms with Gasteiger partial charge in [-0.25, -0.2) is 0 Å². The number of unbranched alkanes of at least 4 members (excludes halogenated alkanes) is 14. The zero-order chi connectivity index (χ0) is 28.2. The summed E-state index contributed by atoms with van der Waals surface area (Å²) in [6.07, 6.45) is 22.4. The lowest BCUT2D eigenvalue weighted by molar-refractivity contribution is -0.948. The predicted octanol–water partition coefficient (Wildman–Crippen LogP) is 2.67. The number of rotatable bonds is 22. The summed E-state index contributed by atoms with van der Waals surface area (Å²) in [6.45, 7) is 18.0. The Labute approximate surface area is 273 Å². The lowest BCUT2D eigenvalue weighted by atomic mass is 10.0. The normalized spacial score (nSPS) is 17.8. The van der Waals surface area contributed by atoms with E-state index in [1.54, 1.807) is 0 Å². The average Bonchev–Trinajstić information content (AvgIpc) is 2.98. The van der Waals surface area contributed by atoms with Crippen molar-refractivity contribution in [2.45, 2.75) is 130 Å². The summed E-state index contributed by atoms with van der Waals surface area (Å²) in [6, 6.07) is 9.80. The molecule has 2 aliphatic heterocycles. The van der Waals surface area contributed by atoms with Crippen LogP contribution in [0.2, 0.25) is 0 Å². The number of ether oxygens (including phenoxy) is 2. The number of hydrogen-bond donors (Lipinski definition) is 0. The first-order chi connectivity index (χ1) is 19.7. The Balaban J connectivity index is 0.00000441. The Kier molecular flexibility index (Phi) is 22.6. The summed E-state index contributed by atoms with van der Waals surface area (Å²) in [4.78, 5) is 0. The van der Waals surface area contributed by atoms with Crippen molar-refractivity contribution in [3.05, 3.63) is 35.4 Å². The molecule has 1 aromatic carbocycles. The SMILES string of the molecule is CCCCCCCCCC[N+]1(Cc2ccc(C[N+]3(CCCCCCCCCC)CCOCC3)cc2)CCOCC1.[Cl-].[Cl-]. The number of quaternary nitrogens is 2. The molecule has 2 aliphatic rings. The van der Waals surface area contributed by atoms with Gasteiger partial charge in [-0.2, -0.15) is 0 Å². The van der Waals surface area contributed by atoms with Crippen molar-refractivity contribution in [1.82, 2.24) is 0 Å². The number of nitrogens with zero attached hydrogens (tertiary/aromatic N) is 2. The minimum Gasteiger partial charge on any atom is -1.00 e. The molecule has 0 N–H and O–H groups in total. The molecule has 6 heteroatoms. The van der Waals surface area contributed by atoms with Crippen LogP contribution in [0.1, 0.15) is 128 Å². The van der Waals surface area contributed by atoms with Crippen LogP contribution in [-0.2, 0) is 22.6 Å². The second-order valence-corrected chi connectivity index (χ2v) is 13.3. The van der Waals surface area contributed by atoms with Crippen LogP contribution in [-0.4, -0.2) is 74.7 Å². The number of benzene rings is 1. The fourth-order valence-corrected chi connectivity index (χ4v) is 7.07. The van der Waals surface area contributed by atoms with Crippen molar-refractivity contribution in [2.24, 2.45) is 0 Å². The second kappa shape index (κ2) is 23.9. The highest BCUT2D eigenvalue weighted by atomic mass is 35.5. The third-order valence-electron chi connectivity index (χ3n) is 9.87. The van der Waals surface area contributed by atoms with Crippen molar-refractivity contribution in [3.63, 3.8) is 0 Å².